The number of phenols is 1. The van der Waals surface area contributed by atoms with E-state index < -0.39 is 10.8 Å². The molecule has 1 unspecified atom stereocenters. The molecule has 192 valence electrons. The topological polar surface area (TPSA) is 76.1 Å². The summed E-state index contributed by atoms with van der Waals surface area (Å²) in [4.78, 5) is 20.0. The van der Waals surface area contributed by atoms with Crippen molar-refractivity contribution in [1.29, 1.82) is 0 Å². The van der Waals surface area contributed by atoms with Gasteiger partial charge >= 0.3 is 0 Å². The highest BCUT2D eigenvalue weighted by Gasteiger charge is 2.19. The molecule has 36 heavy (non-hydrogen) atoms. The van der Waals surface area contributed by atoms with Crippen LogP contribution in [0.2, 0.25) is 0 Å². The number of hydrogen-bond acceptors (Lipinski definition) is 5. The first-order chi connectivity index (χ1) is 17.6. The highest BCUT2D eigenvalue weighted by Crippen LogP contribution is 2.17. The van der Waals surface area contributed by atoms with E-state index in [1.165, 1.54) is 5.06 Å². The summed E-state index contributed by atoms with van der Waals surface area (Å²) in [5.41, 5.74) is 1.54. The molecule has 1 atom stereocenters. The van der Waals surface area contributed by atoms with Gasteiger partial charge in [0.25, 0.3) is 5.91 Å². The van der Waals surface area contributed by atoms with E-state index in [0.29, 0.717) is 30.9 Å². The summed E-state index contributed by atoms with van der Waals surface area (Å²) < 4.78 is 18.6. The number of unbranched alkanes of at least 4 members (excludes halogenated alkanes) is 2. The maximum Gasteiger partial charge on any atom is 0.277 e. The zero-order valence-corrected chi connectivity index (χ0v) is 21.6. The number of ether oxygens (including phenoxy) is 1. The van der Waals surface area contributed by atoms with Crippen molar-refractivity contribution in [3.05, 3.63) is 90.0 Å². The molecule has 0 aromatic heterocycles. The minimum Gasteiger partial charge on any atom is -0.508 e. The summed E-state index contributed by atoms with van der Waals surface area (Å²) in [5, 5.41) is 10.8. The largest absolute Gasteiger partial charge is 0.508 e. The molecule has 0 aliphatic rings. The van der Waals surface area contributed by atoms with Gasteiger partial charge in [-0.25, -0.2) is 5.06 Å². The number of hydrogen-bond donors (Lipinski definition) is 1. The number of carbonyl (C=O) groups excluding carboxylic acids is 1. The number of amides is 1. The van der Waals surface area contributed by atoms with Crippen molar-refractivity contribution in [1.82, 2.24) is 5.06 Å². The van der Waals surface area contributed by atoms with Crippen molar-refractivity contribution in [2.45, 2.75) is 43.9 Å². The van der Waals surface area contributed by atoms with Crippen LogP contribution >= 0.6 is 0 Å². The summed E-state index contributed by atoms with van der Waals surface area (Å²) in [7, 11) is -1.25. The zero-order chi connectivity index (χ0) is 25.6. The lowest BCUT2D eigenvalue weighted by Crippen LogP contribution is -2.35. The molecule has 0 aliphatic heterocycles. The van der Waals surface area contributed by atoms with Crippen LogP contribution in [0.3, 0.4) is 0 Å². The molecule has 0 fully saturated rings. The second kappa shape index (κ2) is 15.1. The predicted molar refractivity (Wildman–Crippen MR) is 143 cm³/mol. The molecule has 0 heterocycles. The number of rotatable bonds is 15. The zero-order valence-electron chi connectivity index (χ0n) is 20.8. The van der Waals surface area contributed by atoms with Gasteiger partial charge < -0.3 is 9.84 Å². The van der Waals surface area contributed by atoms with Crippen LogP contribution in [0.1, 0.15) is 48.5 Å². The normalized spacial score (nSPS) is 11.7. The maximum absolute atomic E-state index is 13.3. The van der Waals surface area contributed by atoms with Crippen molar-refractivity contribution in [3.63, 3.8) is 0 Å². The van der Waals surface area contributed by atoms with Crippen molar-refractivity contribution >= 4 is 16.7 Å². The van der Waals surface area contributed by atoms with Crippen LogP contribution in [0.5, 0.6) is 11.5 Å². The molecule has 3 aromatic carbocycles. The number of hydroxylamine groups is 2. The van der Waals surface area contributed by atoms with Gasteiger partial charge in [-0.15, -0.1) is 0 Å². The van der Waals surface area contributed by atoms with E-state index in [9.17, 15) is 14.1 Å². The van der Waals surface area contributed by atoms with E-state index in [4.69, 9.17) is 9.57 Å². The van der Waals surface area contributed by atoms with Gasteiger partial charge in [-0.3, -0.25) is 13.8 Å². The Morgan fingerprint density at radius 2 is 1.69 bits per heavy atom. The molecule has 0 saturated heterocycles. The fourth-order valence-corrected chi connectivity index (χ4v) is 4.63. The number of benzene rings is 3. The SMILES string of the molecule is CCCCCOc1cccc(C(=O)N(CCS(=O)c2ccccc2)OCCCc2ccc(O)cc2)c1. The Kier molecular flexibility index (Phi) is 11.5. The lowest BCUT2D eigenvalue weighted by atomic mass is 10.1. The quantitative estimate of drug-likeness (QED) is 0.208. The number of nitrogens with zero attached hydrogens (tertiary/aromatic N) is 1. The summed E-state index contributed by atoms with van der Waals surface area (Å²) in [6.07, 6.45) is 4.63. The van der Waals surface area contributed by atoms with Crippen LogP contribution < -0.4 is 4.74 Å². The molecule has 0 aliphatic carbocycles. The maximum atomic E-state index is 13.3. The fraction of sp³-hybridized carbons (Fsp3) is 0.345. The minimum atomic E-state index is -1.25. The third-order valence-corrected chi connectivity index (χ3v) is 6.95. The molecule has 0 bridgehead atoms. The number of aryl methyl sites for hydroxylation is 1. The van der Waals surface area contributed by atoms with Gasteiger partial charge in [0.05, 0.1) is 30.6 Å². The fourth-order valence-electron chi connectivity index (χ4n) is 3.60. The van der Waals surface area contributed by atoms with Gasteiger partial charge in [-0.2, -0.15) is 0 Å². The molecule has 3 aromatic rings. The van der Waals surface area contributed by atoms with Crippen LogP contribution in [0.25, 0.3) is 0 Å². The van der Waals surface area contributed by atoms with E-state index in [1.807, 2.05) is 48.5 Å². The highest BCUT2D eigenvalue weighted by molar-refractivity contribution is 7.85. The Morgan fingerprint density at radius 1 is 0.917 bits per heavy atom. The Bertz CT molecular complexity index is 1090. The molecule has 0 radical (unpaired) electrons. The van der Waals surface area contributed by atoms with E-state index >= 15 is 0 Å². The first-order valence-electron chi connectivity index (χ1n) is 12.5. The first kappa shape index (κ1) is 27.4. The molecule has 3 rings (SSSR count). The second-order valence-electron chi connectivity index (χ2n) is 8.46. The van der Waals surface area contributed by atoms with E-state index in [1.54, 1.807) is 30.3 Å². The van der Waals surface area contributed by atoms with Crippen molar-refractivity contribution in [3.8, 4) is 11.5 Å². The average Bonchev–Trinajstić information content (AvgIpc) is 2.92. The van der Waals surface area contributed by atoms with Gasteiger partial charge in [0.1, 0.15) is 11.5 Å². The van der Waals surface area contributed by atoms with E-state index in [-0.39, 0.29) is 24.0 Å². The molecule has 6 nitrogen and oxygen atoms in total. The van der Waals surface area contributed by atoms with Gasteiger partial charge in [0, 0.05) is 16.2 Å². The lowest BCUT2D eigenvalue weighted by molar-refractivity contribution is -0.120. The summed E-state index contributed by atoms with van der Waals surface area (Å²) >= 11 is 0. The van der Waals surface area contributed by atoms with Gasteiger partial charge in [-0.05, 0) is 67.3 Å². The smallest absolute Gasteiger partial charge is 0.277 e. The van der Waals surface area contributed by atoms with Crippen LogP contribution in [0.4, 0.5) is 0 Å². The molecular weight excluding hydrogens is 474 g/mol. The number of phenolic OH excluding ortho intramolecular Hbond substituents is 1. The standard InChI is InChI=1S/C29H35NO5S/c1-2-3-7-20-34-27-12-8-11-25(23-27)29(32)30(19-22-36(33)28-13-5-4-6-14-28)35-21-9-10-24-15-17-26(31)18-16-24/h4-6,8,11-18,23,31H,2-3,7,9-10,19-22H2,1H3. The summed E-state index contributed by atoms with van der Waals surface area (Å²) in [6.45, 7) is 3.28. The monoisotopic (exact) mass is 509 g/mol. The molecule has 0 saturated carbocycles. The van der Waals surface area contributed by atoms with Crippen LogP contribution in [0, 0.1) is 0 Å². The van der Waals surface area contributed by atoms with Gasteiger partial charge in [0.2, 0.25) is 0 Å². The van der Waals surface area contributed by atoms with Crippen LogP contribution in [-0.2, 0) is 22.1 Å². The predicted octanol–water partition coefficient (Wildman–Crippen LogP) is 5.78. The molecular formula is C29H35NO5S. The molecule has 7 heteroatoms. The van der Waals surface area contributed by atoms with Crippen molar-refractivity contribution in [2.24, 2.45) is 0 Å². The molecule has 0 spiro atoms. The molecule has 1 amide bonds. The summed E-state index contributed by atoms with van der Waals surface area (Å²) in [6, 6.07) is 23.4. The third kappa shape index (κ3) is 9.13. The van der Waals surface area contributed by atoms with E-state index in [2.05, 4.69) is 6.92 Å². The van der Waals surface area contributed by atoms with E-state index in [0.717, 1.165) is 36.1 Å². The number of carbonyl (C=O) groups is 1. The first-order valence-corrected chi connectivity index (χ1v) is 13.8. The van der Waals surface area contributed by atoms with Crippen molar-refractivity contribution in [2.75, 3.05) is 25.5 Å². The van der Waals surface area contributed by atoms with Crippen LogP contribution in [0.15, 0.2) is 83.8 Å². The Balaban J connectivity index is 1.62. The lowest BCUT2D eigenvalue weighted by Gasteiger charge is -2.22. The van der Waals surface area contributed by atoms with Gasteiger partial charge in [-0.1, -0.05) is 56.2 Å². The average molecular weight is 510 g/mol. The minimum absolute atomic E-state index is 0.196. The van der Waals surface area contributed by atoms with Crippen molar-refractivity contribution < 1.29 is 23.7 Å². The highest BCUT2D eigenvalue weighted by atomic mass is 32.2. The Morgan fingerprint density at radius 3 is 2.44 bits per heavy atom. The number of aromatic hydroxyl groups is 1. The second-order valence-corrected chi connectivity index (χ2v) is 10.0. The van der Waals surface area contributed by atoms with Gasteiger partial charge in [0.15, 0.2) is 0 Å². The Hall–Kier alpha value is -3.16. The molecule has 1 N–H and O–H groups in total. The third-order valence-electron chi connectivity index (χ3n) is 5.60. The summed E-state index contributed by atoms with van der Waals surface area (Å²) in [5.74, 6) is 0.858. The van der Waals surface area contributed by atoms with Crippen LogP contribution in [-0.4, -0.2) is 45.8 Å². The Labute approximate surface area is 216 Å².